The molecule has 18 heavy (non-hydrogen) atoms. The fourth-order valence-corrected chi connectivity index (χ4v) is 1.40. The van der Waals surface area contributed by atoms with E-state index in [4.69, 9.17) is 9.57 Å². The number of esters is 1. The normalized spacial score (nSPS) is 12.7. The molecule has 0 aliphatic heterocycles. The molecular weight excluding hydrogens is 234 g/mol. The van der Waals surface area contributed by atoms with Crippen molar-refractivity contribution in [1.29, 1.82) is 0 Å². The first kappa shape index (κ1) is 16.6. The summed E-state index contributed by atoms with van der Waals surface area (Å²) in [6.45, 7) is 8.95. The van der Waals surface area contributed by atoms with E-state index in [1.54, 1.807) is 26.8 Å². The predicted octanol–water partition coefficient (Wildman–Crippen LogP) is 1.93. The summed E-state index contributed by atoms with van der Waals surface area (Å²) in [4.78, 5) is 28.4. The van der Waals surface area contributed by atoms with Gasteiger partial charge in [0.1, 0.15) is 5.60 Å². The van der Waals surface area contributed by atoms with Gasteiger partial charge in [-0.1, -0.05) is 6.08 Å². The fourth-order valence-electron chi connectivity index (χ4n) is 1.40. The highest BCUT2D eigenvalue weighted by Gasteiger charge is 2.26. The van der Waals surface area contributed by atoms with Crippen LogP contribution in [0.5, 0.6) is 0 Å². The molecule has 0 saturated heterocycles. The molecule has 0 rings (SSSR count). The monoisotopic (exact) mass is 257 g/mol. The molecule has 0 aliphatic carbocycles. The van der Waals surface area contributed by atoms with Crippen molar-refractivity contribution < 1.29 is 19.2 Å². The Hall–Kier alpha value is -1.36. The average Bonchev–Trinajstić information content (AvgIpc) is 2.23. The van der Waals surface area contributed by atoms with Gasteiger partial charge in [0.25, 0.3) is 0 Å². The number of nitrogens with zero attached hydrogens (tertiary/aromatic N) is 1. The van der Waals surface area contributed by atoms with Crippen molar-refractivity contribution in [1.82, 2.24) is 5.06 Å². The molecular formula is C13H23NO4. The van der Waals surface area contributed by atoms with Crippen molar-refractivity contribution in [3.8, 4) is 0 Å². The summed E-state index contributed by atoms with van der Waals surface area (Å²) in [5, 5.41) is 1.11. The third-order valence-corrected chi connectivity index (χ3v) is 2.22. The minimum atomic E-state index is -0.550. The molecule has 0 saturated carbocycles. The molecule has 0 radical (unpaired) electrons. The van der Waals surface area contributed by atoms with Crippen LogP contribution in [0.25, 0.3) is 0 Å². The SMILES string of the molecule is C=CC[C@H](CC(=O)OC(C)(C)C)C(=O)N(C)OC. The minimum Gasteiger partial charge on any atom is -0.460 e. The highest BCUT2D eigenvalue weighted by atomic mass is 16.7. The van der Waals surface area contributed by atoms with Gasteiger partial charge in [-0.25, -0.2) is 5.06 Å². The molecule has 0 aromatic carbocycles. The fraction of sp³-hybridized carbons (Fsp3) is 0.692. The molecule has 5 heteroatoms. The third-order valence-electron chi connectivity index (χ3n) is 2.22. The Kier molecular flexibility index (Phi) is 6.62. The van der Waals surface area contributed by atoms with Crippen LogP contribution in [0.2, 0.25) is 0 Å². The minimum absolute atomic E-state index is 0.0236. The standard InChI is InChI=1S/C13H23NO4/c1-7-8-10(12(16)14(5)17-6)9-11(15)18-13(2,3)4/h7,10H,1,8-9H2,2-6H3/t10-/m1/s1. The largest absolute Gasteiger partial charge is 0.460 e. The van der Waals surface area contributed by atoms with Gasteiger partial charge in [0.2, 0.25) is 5.91 Å². The predicted molar refractivity (Wildman–Crippen MR) is 68.5 cm³/mol. The third kappa shape index (κ3) is 6.39. The van der Waals surface area contributed by atoms with Gasteiger partial charge >= 0.3 is 5.97 Å². The first-order chi connectivity index (χ1) is 8.21. The second-order valence-electron chi connectivity index (χ2n) is 5.03. The number of hydrogen-bond donors (Lipinski definition) is 0. The van der Waals surface area contributed by atoms with Gasteiger partial charge in [0, 0.05) is 7.05 Å². The quantitative estimate of drug-likeness (QED) is 0.414. The zero-order valence-electron chi connectivity index (χ0n) is 11.9. The molecule has 0 aromatic rings. The van der Waals surface area contributed by atoms with Crippen molar-refractivity contribution in [2.75, 3.05) is 14.2 Å². The molecule has 0 aromatic heterocycles. The maximum Gasteiger partial charge on any atom is 0.307 e. The molecule has 1 amide bonds. The molecule has 1 atom stereocenters. The number of rotatable bonds is 6. The lowest BCUT2D eigenvalue weighted by molar-refractivity contribution is -0.176. The highest BCUT2D eigenvalue weighted by molar-refractivity contribution is 5.83. The second-order valence-corrected chi connectivity index (χ2v) is 5.03. The number of hydrogen-bond acceptors (Lipinski definition) is 4. The second kappa shape index (κ2) is 7.16. The van der Waals surface area contributed by atoms with Gasteiger partial charge in [-0.2, -0.15) is 0 Å². The van der Waals surface area contributed by atoms with Gasteiger partial charge in [-0.05, 0) is 27.2 Å². The number of amides is 1. The number of carbonyl (C=O) groups excluding carboxylic acids is 2. The summed E-state index contributed by atoms with van der Waals surface area (Å²) < 4.78 is 5.19. The van der Waals surface area contributed by atoms with Crippen LogP contribution in [0, 0.1) is 5.92 Å². The zero-order valence-corrected chi connectivity index (χ0v) is 11.9. The Morgan fingerprint density at radius 1 is 1.39 bits per heavy atom. The molecule has 0 spiro atoms. The van der Waals surface area contributed by atoms with Crippen molar-refractivity contribution in [3.05, 3.63) is 12.7 Å². The number of carbonyl (C=O) groups is 2. The summed E-state index contributed by atoms with van der Waals surface area (Å²) >= 11 is 0. The van der Waals surface area contributed by atoms with Gasteiger partial charge in [-0.3, -0.25) is 14.4 Å². The molecule has 5 nitrogen and oxygen atoms in total. The molecule has 0 heterocycles. The Bertz CT molecular complexity index is 307. The first-order valence-electron chi connectivity index (χ1n) is 5.85. The van der Waals surface area contributed by atoms with E-state index in [1.165, 1.54) is 14.2 Å². The van der Waals surface area contributed by atoms with Crippen LogP contribution in [-0.2, 0) is 19.2 Å². The van der Waals surface area contributed by atoms with Crippen molar-refractivity contribution >= 4 is 11.9 Å². The van der Waals surface area contributed by atoms with Crippen molar-refractivity contribution in [2.24, 2.45) is 5.92 Å². The Labute approximate surface area is 109 Å². The van der Waals surface area contributed by atoms with Crippen LogP contribution in [0.3, 0.4) is 0 Å². The topological polar surface area (TPSA) is 55.8 Å². The Balaban J connectivity index is 4.58. The number of hydroxylamine groups is 2. The van der Waals surface area contributed by atoms with E-state index in [1.807, 2.05) is 0 Å². The van der Waals surface area contributed by atoms with Crippen LogP contribution in [-0.4, -0.2) is 36.7 Å². The van der Waals surface area contributed by atoms with Crippen LogP contribution in [0.1, 0.15) is 33.6 Å². The molecule has 0 unspecified atom stereocenters. The summed E-state index contributed by atoms with van der Waals surface area (Å²) in [6.07, 6.45) is 2.04. The molecule has 0 fully saturated rings. The van der Waals surface area contributed by atoms with E-state index < -0.39 is 17.5 Å². The number of ether oxygens (including phenoxy) is 1. The molecule has 104 valence electrons. The maximum atomic E-state index is 11.9. The van der Waals surface area contributed by atoms with Crippen LogP contribution in [0.4, 0.5) is 0 Å². The Morgan fingerprint density at radius 2 is 1.94 bits per heavy atom. The maximum absolute atomic E-state index is 11.9. The van der Waals surface area contributed by atoms with E-state index in [0.29, 0.717) is 6.42 Å². The van der Waals surface area contributed by atoms with Crippen LogP contribution < -0.4 is 0 Å². The molecule has 0 aliphatic rings. The van der Waals surface area contributed by atoms with E-state index in [2.05, 4.69) is 6.58 Å². The lowest BCUT2D eigenvalue weighted by atomic mass is 10.0. The molecule has 0 bridgehead atoms. The van der Waals surface area contributed by atoms with Crippen molar-refractivity contribution in [3.63, 3.8) is 0 Å². The zero-order chi connectivity index (χ0) is 14.3. The van der Waals surface area contributed by atoms with Gasteiger partial charge in [-0.15, -0.1) is 6.58 Å². The Morgan fingerprint density at radius 3 is 2.33 bits per heavy atom. The van der Waals surface area contributed by atoms with Gasteiger partial charge in [0.15, 0.2) is 0 Å². The summed E-state index contributed by atoms with van der Waals surface area (Å²) in [5.74, 6) is -1.15. The van der Waals surface area contributed by atoms with Gasteiger partial charge in [0.05, 0.1) is 19.4 Å². The van der Waals surface area contributed by atoms with E-state index >= 15 is 0 Å². The molecule has 0 N–H and O–H groups in total. The highest BCUT2D eigenvalue weighted by Crippen LogP contribution is 2.16. The van der Waals surface area contributed by atoms with Gasteiger partial charge < -0.3 is 4.74 Å². The van der Waals surface area contributed by atoms with Crippen LogP contribution >= 0.6 is 0 Å². The summed E-state index contributed by atoms with van der Waals surface area (Å²) in [5.41, 5.74) is -0.550. The van der Waals surface area contributed by atoms with E-state index in [0.717, 1.165) is 5.06 Å². The lowest BCUT2D eigenvalue weighted by Gasteiger charge is -2.23. The number of allylic oxidation sites excluding steroid dienone is 1. The first-order valence-corrected chi connectivity index (χ1v) is 5.85. The van der Waals surface area contributed by atoms with Crippen LogP contribution in [0.15, 0.2) is 12.7 Å². The van der Waals surface area contributed by atoms with E-state index in [-0.39, 0.29) is 12.3 Å². The van der Waals surface area contributed by atoms with Crippen molar-refractivity contribution in [2.45, 2.75) is 39.2 Å². The van der Waals surface area contributed by atoms with E-state index in [9.17, 15) is 9.59 Å². The lowest BCUT2D eigenvalue weighted by Crippen LogP contribution is -2.34. The smallest absolute Gasteiger partial charge is 0.307 e. The summed E-state index contributed by atoms with van der Waals surface area (Å²) in [7, 11) is 2.91. The average molecular weight is 257 g/mol. The summed E-state index contributed by atoms with van der Waals surface area (Å²) in [6, 6.07) is 0.